The summed E-state index contributed by atoms with van der Waals surface area (Å²) in [5, 5.41) is 4.79. The number of carbonyl (C=O) groups excluding carboxylic acids is 1. The number of amides is 1. The van der Waals surface area contributed by atoms with E-state index in [1.165, 1.54) is 6.21 Å². The highest BCUT2D eigenvalue weighted by atomic mass is 19.1. The van der Waals surface area contributed by atoms with E-state index < -0.39 is 5.91 Å². The third-order valence-corrected chi connectivity index (χ3v) is 5.84. The lowest BCUT2D eigenvalue weighted by molar-refractivity contribution is 0.0929. The second-order valence-corrected chi connectivity index (χ2v) is 8.44. The van der Waals surface area contributed by atoms with Gasteiger partial charge in [-0.15, -0.1) is 0 Å². The van der Waals surface area contributed by atoms with Crippen LogP contribution in [0.25, 0.3) is 11.0 Å². The number of furan rings is 1. The molecular weight excluding hydrogens is 381 g/mol. The molecule has 0 aliphatic carbocycles. The van der Waals surface area contributed by atoms with E-state index >= 15 is 0 Å². The molecule has 5 nitrogen and oxygen atoms in total. The predicted molar refractivity (Wildman–Crippen MR) is 118 cm³/mol. The van der Waals surface area contributed by atoms with E-state index in [0.717, 1.165) is 29.6 Å². The van der Waals surface area contributed by atoms with Crippen molar-refractivity contribution in [3.8, 4) is 0 Å². The van der Waals surface area contributed by atoms with Gasteiger partial charge >= 0.3 is 5.91 Å². The Morgan fingerprint density at radius 3 is 2.83 bits per heavy atom. The summed E-state index contributed by atoms with van der Waals surface area (Å²) in [6.07, 6.45) is 2.33. The number of para-hydroxylation sites is 1. The first-order chi connectivity index (χ1) is 14.3. The fourth-order valence-corrected chi connectivity index (χ4v) is 4.53. The van der Waals surface area contributed by atoms with Gasteiger partial charge in [-0.25, -0.2) is 9.82 Å². The fourth-order valence-electron chi connectivity index (χ4n) is 4.53. The summed E-state index contributed by atoms with van der Waals surface area (Å²) < 4.78 is 20.3. The predicted octanol–water partition coefficient (Wildman–Crippen LogP) is 5.45. The van der Waals surface area contributed by atoms with E-state index in [1.807, 2.05) is 24.3 Å². The molecule has 1 amide bonds. The molecule has 0 saturated heterocycles. The number of anilines is 1. The van der Waals surface area contributed by atoms with E-state index in [4.69, 9.17) is 4.42 Å². The van der Waals surface area contributed by atoms with Crippen molar-refractivity contribution in [1.82, 2.24) is 5.43 Å². The molecule has 6 heteroatoms. The van der Waals surface area contributed by atoms with Crippen LogP contribution in [0.5, 0.6) is 0 Å². The second-order valence-electron chi connectivity index (χ2n) is 8.44. The summed E-state index contributed by atoms with van der Waals surface area (Å²) in [5.41, 5.74) is 5.41. The minimum absolute atomic E-state index is 0.0240. The van der Waals surface area contributed by atoms with Gasteiger partial charge in [-0.05, 0) is 62.9 Å². The quantitative estimate of drug-likeness (QED) is 0.462. The van der Waals surface area contributed by atoms with Crippen molar-refractivity contribution in [3.05, 3.63) is 65.2 Å². The van der Waals surface area contributed by atoms with Gasteiger partial charge in [-0.1, -0.05) is 25.1 Å². The Kier molecular flexibility index (Phi) is 5.10. The highest BCUT2D eigenvalue weighted by Gasteiger charge is 2.36. The number of hydrogen-bond acceptors (Lipinski definition) is 4. The zero-order valence-corrected chi connectivity index (χ0v) is 17.7. The normalized spacial score (nSPS) is 18.0. The number of halogens is 1. The second kappa shape index (κ2) is 7.59. The summed E-state index contributed by atoms with van der Waals surface area (Å²) in [6.45, 7) is 9.44. The summed E-state index contributed by atoms with van der Waals surface area (Å²) >= 11 is 0. The Hall–Kier alpha value is -3.15. The van der Waals surface area contributed by atoms with Crippen molar-refractivity contribution in [2.24, 2.45) is 5.10 Å². The van der Waals surface area contributed by atoms with Crippen LogP contribution in [0.2, 0.25) is 0 Å². The van der Waals surface area contributed by atoms with E-state index in [1.54, 1.807) is 18.2 Å². The lowest BCUT2D eigenvalue weighted by Crippen LogP contribution is -2.48. The van der Waals surface area contributed by atoms with E-state index in [9.17, 15) is 9.18 Å². The van der Waals surface area contributed by atoms with Crippen molar-refractivity contribution >= 4 is 28.8 Å². The number of hydrazone groups is 1. The molecule has 0 radical (unpaired) electrons. The molecule has 2 aromatic carbocycles. The summed E-state index contributed by atoms with van der Waals surface area (Å²) in [7, 11) is 0. The molecule has 0 saturated carbocycles. The van der Waals surface area contributed by atoms with Crippen LogP contribution in [0.4, 0.5) is 10.1 Å². The van der Waals surface area contributed by atoms with Gasteiger partial charge in [0.15, 0.2) is 5.76 Å². The minimum Gasteiger partial charge on any atom is -0.451 e. The number of carbonyl (C=O) groups is 1. The Bertz CT molecular complexity index is 1100. The number of nitrogens with one attached hydrogen (secondary N) is 1. The first-order valence-corrected chi connectivity index (χ1v) is 10.2. The third kappa shape index (κ3) is 3.58. The maximum absolute atomic E-state index is 14.8. The summed E-state index contributed by atoms with van der Waals surface area (Å²) in [4.78, 5) is 14.6. The van der Waals surface area contributed by atoms with Gasteiger partial charge < -0.3 is 9.32 Å². The van der Waals surface area contributed by atoms with Gasteiger partial charge in [0.05, 0.1) is 6.21 Å². The van der Waals surface area contributed by atoms with Crippen LogP contribution in [-0.2, 0) is 0 Å². The number of nitrogens with zero attached hydrogens (tertiary/aromatic N) is 2. The van der Waals surface area contributed by atoms with Gasteiger partial charge in [-0.2, -0.15) is 5.10 Å². The molecule has 0 bridgehead atoms. The monoisotopic (exact) mass is 407 g/mol. The van der Waals surface area contributed by atoms with Gasteiger partial charge in [0.2, 0.25) is 0 Å². The standard InChI is InChI=1S/C24H26FN3O2/c1-5-28-20-12-19(25)17(10-18(20)15(2)13-24(28,3)4)14-26-27-23(29)22-11-16-8-6-7-9-21(16)30-22/h6-12,14-15H,5,13H2,1-4H3,(H,27,29)/b26-14+. The summed E-state index contributed by atoms with van der Waals surface area (Å²) in [5.74, 6) is -0.378. The minimum atomic E-state index is -0.479. The highest BCUT2D eigenvalue weighted by molar-refractivity contribution is 5.96. The van der Waals surface area contributed by atoms with Crippen LogP contribution in [0.1, 0.15) is 61.7 Å². The molecule has 3 aromatic rings. The number of fused-ring (bicyclic) bond motifs is 2. The van der Waals surface area contributed by atoms with Crippen molar-refractivity contribution in [2.75, 3.05) is 11.4 Å². The van der Waals surface area contributed by atoms with E-state index in [0.29, 0.717) is 17.1 Å². The molecule has 1 atom stereocenters. The van der Waals surface area contributed by atoms with Gasteiger partial charge in [0.1, 0.15) is 11.4 Å². The average Bonchev–Trinajstić information content (AvgIpc) is 3.13. The van der Waals surface area contributed by atoms with Gasteiger partial charge in [-0.3, -0.25) is 4.79 Å². The Morgan fingerprint density at radius 1 is 1.33 bits per heavy atom. The van der Waals surface area contributed by atoms with Crippen LogP contribution >= 0.6 is 0 Å². The summed E-state index contributed by atoms with van der Waals surface area (Å²) in [6, 6.07) is 12.4. The number of hydrogen-bond donors (Lipinski definition) is 1. The van der Waals surface area contributed by atoms with Crippen molar-refractivity contribution in [1.29, 1.82) is 0 Å². The Balaban J connectivity index is 1.55. The molecule has 1 aromatic heterocycles. The lowest BCUT2D eigenvalue weighted by Gasteiger charge is -2.47. The van der Waals surface area contributed by atoms with Crippen LogP contribution < -0.4 is 10.3 Å². The van der Waals surface area contributed by atoms with Crippen molar-refractivity contribution in [2.45, 2.75) is 45.6 Å². The molecule has 0 spiro atoms. The molecule has 0 fully saturated rings. The fraction of sp³-hybridized carbons (Fsp3) is 0.333. The molecule has 2 heterocycles. The maximum atomic E-state index is 14.8. The van der Waals surface area contributed by atoms with Crippen LogP contribution in [0.3, 0.4) is 0 Å². The maximum Gasteiger partial charge on any atom is 0.307 e. The molecular formula is C24H26FN3O2. The largest absolute Gasteiger partial charge is 0.451 e. The van der Waals surface area contributed by atoms with E-state index in [-0.39, 0.29) is 17.1 Å². The average molecular weight is 407 g/mol. The van der Waals surface area contributed by atoms with Crippen LogP contribution in [-0.4, -0.2) is 24.2 Å². The first-order valence-electron chi connectivity index (χ1n) is 10.2. The zero-order chi connectivity index (χ0) is 21.5. The van der Waals surface area contributed by atoms with Gasteiger partial charge in [0, 0.05) is 28.7 Å². The molecule has 4 rings (SSSR count). The van der Waals surface area contributed by atoms with Crippen LogP contribution in [0, 0.1) is 5.82 Å². The van der Waals surface area contributed by atoms with Crippen LogP contribution in [0.15, 0.2) is 52.0 Å². The first kappa shape index (κ1) is 20.1. The highest BCUT2D eigenvalue weighted by Crippen LogP contribution is 2.43. The molecule has 1 unspecified atom stereocenters. The molecule has 1 aliphatic rings. The third-order valence-electron chi connectivity index (χ3n) is 5.84. The Morgan fingerprint density at radius 2 is 2.10 bits per heavy atom. The van der Waals surface area contributed by atoms with E-state index in [2.05, 4.69) is 43.1 Å². The number of benzene rings is 2. The molecule has 156 valence electrons. The Labute approximate surface area is 175 Å². The molecule has 1 N–H and O–H groups in total. The molecule has 30 heavy (non-hydrogen) atoms. The SMILES string of the molecule is CCN1c2cc(F)c(/C=N/NC(=O)c3cc4ccccc4o3)cc2C(C)CC1(C)C. The van der Waals surface area contributed by atoms with Crippen molar-refractivity contribution in [3.63, 3.8) is 0 Å². The zero-order valence-electron chi connectivity index (χ0n) is 17.7. The number of rotatable bonds is 4. The van der Waals surface area contributed by atoms with Gasteiger partial charge in [0.25, 0.3) is 0 Å². The van der Waals surface area contributed by atoms with Crippen molar-refractivity contribution < 1.29 is 13.6 Å². The smallest absolute Gasteiger partial charge is 0.307 e. The molecule has 1 aliphatic heterocycles. The topological polar surface area (TPSA) is 57.8 Å². The lowest BCUT2D eigenvalue weighted by atomic mass is 9.79.